The Labute approximate surface area is 129 Å². The molecule has 1 amide bonds. The van der Waals surface area contributed by atoms with E-state index in [1.165, 1.54) is 36.7 Å². The van der Waals surface area contributed by atoms with Crippen LogP contribution in [0.2, 0.25) is 0 Å². The Bertz CT molecular complexity index is 560. The summed E-state index contributed by atoms with van der Waals surface area (Å²) in [4.78, 5) is 13.8. The fraction of sp³-hybridized carbons (Fsp3) is 0.438. The minimum atomic E-state index is 0.117. The molecule has 0 unspecified atom stereocenters. The second kappa shape index (κ2) is 6.89. The molecule has 0 bridgehead atoms. The zero-order chi connectivity index (χ0) is 14.5. The lowest BCUT2D eigenvalue weighted by Gasteiger charge is -2.15. The Morgan fingerprint density at radius 1 is 1.05 bits per heavy atom. The van der Waals surface area contributed by atoms with Gasteiger partial charge in [-0.2, -0.15) is 5.10 Å². The number of hydrogen-bond donors (Lipinski definition) is 0. The van der Waals surface area contributed by atoms with E-state index in [-0.39, 0.29) is 5.91 Å². The third-order valence-corrected chi connectivity index (χ3v) is 4.70. The summed E-state index contributed by atoms with van der Waals surface area (Å²) in [5.41, 5.74) is 2.29. The van der Waals surface area contributed by atoms with Crippen molar-refractivity contribution in [2.24, 2.45) is 10.2 Å². The molecule has 0 atom stereocenters. The van der Waals surface area contributed by atoms with E-state index in [4.69, 9.17) is 0 Å². The zero-order valence-corrected chi connectivity index (χ0v) is 12.8. The molecule has 21 heavy (non-hydrogen) atoms. The first-order chi connectivity index (χ1) is 10.3. The summed E-state index contributed by atoms with van der Waals surface area (Å²) in [5, 5.41) is 9.47. The molecule has 1 heterocycles. The van der Waals surface area contributed by atoms with Crippen molar-refractivity contribution in [2.45, 2.75) is 38.6 Å². The molecule has 0 spiro atoms. The molecular formula is C16H19N3OS. The van der Waals surface area contributed by atoms with Crippen LogP contribution in [0.15, 0.2) is 40.5 Å². The van der Waals surface area contributed by atoms with Gasteiger partial charge in [0.1, 0.15) is 0 Å². The highest BCUT2D eigenvalue weighted by Crippen LogP contribution is 2.22. The molecule has 1 aliphatic carbocycles. The lowest BCUT2D eigenvalue weighted by molar-refractivity contribution is -0.124. The maximum absolute atomic E-state index is 12.0. The number of amides is 1. The largest absolute Gasteiger partial charge is 0.285 e. The van der Waals surface area contributed by atoms with E-state index in [1.54, 1.807) is 4.90 Å². The van der Waals surface area contributed by atoms with Gasteiger partial charge in [0.25, 0.3) is 0 Å². The molecule has 2 fully saturated rings. The number of hydrogen-bond acceptors (Lipinski definition) is 4. The van der Waals surface area contributed by atoms with Gasteiger partial charge in [0.2, 0.25) is 5.91 Å². The van der Waals surface area contributed by atoms with E-state index in [1.807, 2.05) is 30.3 Å². The number of nitrogens with zero attached hydrogens (tertiary/aromatic N) is 3. The predicted molar refractivity (Wildman–Crippen MR) is 87.4 cm³/mol. The van der Waals surface area contributed by atoms with Gasteiger partial charge in [-0.1, -0.05) is 48.5 Å². The van der Waals surface area contributed by atoms with Crippen molar-refractivity contribution >= 4 is 28.5 Å². The third kappa shape index (κ3) is 3.73. The van der Waals surface area contributed by atoms with Crippen molar-refractivity contribution in [1.29, 1.82) is 0 Å². The van der Waals surface area contributed by atoms with Crippen LogP contribution >= 0.6 is 11.8 Å². The Morgan fingerprint density at radius 3 is 2.57 bits per heavy atom. The lowest BCUT2D eigenvalue weighted by Crippen LogP contribution is -2.28. The number of carbonyl (C=O) groups excluding carboxylic acids is 1. The monoisotopic (exact) mass is 301 g/mol. The summed E-state index contributed by atoms with van der Waals surface area (Å²) in [6, 6.07) is 10.0. The van der Waals surface area contributed by atoms with Crippen LogP contribution in [0.25, 0.3) is 0 Å². The van der Waals surface area contributed by atoms with Gasteiger partial charge in [-0.25, -0.2) is 0 Å². The number of benzene rings is 1. The van der Waals surface area contributed by atoms with Gasteiger partial charge in [-0.3, -0.25) is 9.69 Å². The van der Waals surface area contributed by atoms with E-state index in [9.17, 15) is 4.79 Å². The molecule has 110 valence electrons. The molecule has 1 saturated heterocycles. The maximum Gasteiger partial charge on any atom is 0.239 e. The molecule has 4 nitrogen and oxygen atoms in total. The van der Waals surface area contributed by atoms with Gasteiger partial charge in [0.15, 0.2) is 5.17 Å². The van der Waals surface area contributed by atoms with Crippen LogP contribution < -0.4 is 0 Å². The molecule has 2 aliphatic rings. The molecule has 1 aromatic rings. The second-order valence-corrected chi connectivity index (χ2v) is 6.31. The predicted octanol–water partition coefficient (Wildman–Crippen LogP) is 3.44. The quantitative estimate of drug-likeness (QED) is 0.803. The van der Waals surface area contributed by atoms with E-state index >= 15 is 0 Å². The zero-order valence-electron chi connectivity index (χ0n) is 12.0. The molecule has 1 aromatic carbocycles. The van der Waals surface area contributed by atoms with Crippen molar-refractivity contribution in [3.63, 3.8) is 0 Å². The average molecular weight is 301 g/mol. The number of carbonyl (C=O) groups is 1. The smallest absolute Gasteiger partial charge is 0.239 e. The molecule has 5 heteroatoms. The minimum absolute atomic E-state index is 0.117. The van der Waals surface area contributed by atoms with Crippen molar-refractivity contribution in [2.75, 3.05) is 5.75 Å². The summed E-state index contributed by atoms with van der Waals surface area (Å²) >= 11 is 1.49. The molecular weight excluding hydrogens is 282 g/mol. The summed E-state index contributed by atoms with van der Waals surface area (Å²) in [6.45, 7) is 0.580. The summed E-state index contributed by atoms with van der Waals surface area (Å²) in [7, 11) is 0. The first-order valence-corrected chi connectivity index (χ1v) is 8.42. The summed E-state index contributed by atoms with van der Waals surface area (Å²) in [5.74, 6) is 0.586. The summed E-state index contributed by atoms with van der Waals surface area (Å²) < 4.78 is 0. The van der Waals surface area contributed by atoms with Gasteiger partial charge in [0, 0.05) is 5.71 Å². The Morgan fingerprint density at radius 2 is 1.81 bits per heavy atom. The highest BCUT2D eigenvalue weighted by atomic mass is 32.2. The molecule has 0 N–H and O–H groups in total. The van der Waals surface area contributed by atoms with Gasteiger partial charge >= 0.3 is 0 Å². The van der Waals surface area contributed by atoms with E-state index in [2.05, 4.69) is 10.2 Å². The van der Waals surface area contributed by atoms with E-state index < -0.39 is 0 Å². The Kier molecular flexibility index (Phi) is 4.70. The number of rotatable bonds is 3. The van der Waals surface area contributed by atoms with Crippen LogP contribution in [-0.4, -0.2) is 27.4 Å². The molecule has 0 radical (unpaired) electrons. The molecule has 1 saturated carbocycles. The normalized spacial score (nSPS) is 21.1. The highest BCUT2D eigenvalue weighted by Gasteiger charge is 2.28. The molecule has 0 aromatic heterocycles. The van der Waals surface area contributed by atoms with Gasteiger partial charge < -0.3 is 0 Å². The van der Waals surface area contributed by atoms with Crippen LogP contribution in [0.3, 0.4) is 0 Å². The van der Waals surface area contributed by atoms with Gasteiger partial charge in [-0.05, 0) is 31.2 Å². The van der Waals surface area contributed by atoms with Crippen LogP contribution in [0.1, 0.15) is 37.7 Å². The second-order valence-electron chi connectivity index (χ2n) is 5.36. The van der Waals surface area contributed by atoms with Crippen LogP contribution in [0, 0.1) is 0 Å². The SMILES string of the molecule is O=C1CS/C(=N/N=C2CCCCC2)N1Cc1ccccc1. The number of amidine groups is 1. The van der Waals surface area contributed by atoms with Crippen molar-refractivity contribution in [1.82, 2.24) is 4.90 Å². The fourth-order valence-electron chi connectivity index (χ4n) is 2.57. The first kappa shape index (κ1) is 14.3. The van der Waals surface area contributed by atoms with Crippen molar-refractivity contribution in [3.8, 4) is 0 Å². The van der Waals surface area contributed by atoms with Crippen LogP contribution in [-0.2, 0) is 11.3 Å². The maximum atomic E-state index is 12.0. The summed E-state index contributed by atoms with van der Waals surface area (Å²) in [6.07, 6.45) is 5.82. The molecule has 3 rings (SSSR count). The van der Waals surface area contributed by atoms with Crippen LogP contribution in [0.5, 0.6) is 0 Å². The lowest BCUT2D eigenvalue weighted by atomic mass is 9.99. The minimum Gasteiger partial charge on any atom is -0.285 e. The topological polar surface area (TPSA) is 45.0 Å². The van der Waals surface area contributed by atoms with Crippen LogP contribution in [0.4, 0.5) is 0 Å². The standard InChI is InChI=1S/C16H19N3OS/c20-15-12-21-16(18-17-14-9-5-2-6-10-14)19(15)11-13-7-3-1-4-8-13/h1,3-4,7-8H,2,5-6,9-12H2/b18-16+. The number of thioether (sulfide) groups is 1. The Hall–Kier alpha value is -1.62. The average Bonchev–Trinajstić information content (AvgIpc) is 2.88. The molecule has 1 aliphatic heterocycles. The fourth-order valence-corrected chi connectivity index (χ4v) is 3.40. The van der Waals surface area contributed by atoms with Crippen molar-refractivity contribution < 1.29 is 4.79 Å². The van der Waals surface area contributed by atoms with Gasteiger partial charge in [-0.15, -0.1) is 5.10 Å². The van der Waals surface area contributed by atoms with E-state index in [0.29, 0.717) is 12.3 Å². The van der Waals surface area contributed by atoms with E-state index in [0.717, 1.165) is 23.6 Å². The van der Waals surface area contributed by atoms with Crippen molar-refractivity contribution in [3.05, 3.63) is 35.9 Å². The Balaban J connectivity index is 1.72. The first-order valence-electron chi connectivity index (χ1n) is 7.43. The highest BCUT2D eigenvalue weighted by molar-refractivity contribution is 8.15. The van der Waals surface area contributed by atoms with Gasteiger partial charge in [0.05, 0.1) is 12.3 Å². The third-order valence-electron chi connectivity index (χ3n) is 3.75.